The van der Waals surface area contributed by atoms with Gasteiger partial charge in [0.25, 0.3) is 0 Å². The monoisotopic (exact) mass is 420 g/mol. The van der Waals surface area contributed by atoms with Crippen molar-refractivity contribution < 1.29 is 19.2 Å². The van der Waals surface area contributed by atoms with E-state index < -0.39 is 22.8 Å². The highest BCUT2D eigenvalue weighted by Gasteiger charge is 2.29. The van der Waals surface area contributed by atoms with Crippen molar-refractivity contribution in [2.75, 3.05) is 5.32 Å². The molecule has 0 aromatic carbocycles. The van der Waals surface area contributed by atoms with Gasteiger partial charge in [-0.25, -0.2) is 4.79 Å². The molecule has 1 aliphatic carbocycles. The molecule has 2 aromatic heterocycles. The number of hydrogen-bond acceptors (Lipinski definition) is 7. The van der Waals surface area contributed by atoms with Gasteiger partial charge in [-0.1, -0.05) is 0 Å². The fourth-order valence-corrected chi connectivity index (χ4v) is 4.61. The van der Waals surface area contributed by atoms with Crippen molar-refractivity contribution in [2.45, 2.75) is 65.5 Å². The molecule has 1 unspecified atom stereocenters. The molecule has 156 valence electrons. The van der Waals surface area contributed by atoms with Crippen molar-refractivity contribution >= 4 is 33.9 Å². The normalized spacial score (nSPS) is 14.4. The third-order valence-corrected chi connectivity index (χ3v) is 6.03. The molecule has 0 aliphatic heterocycles. The van der Waals surface area contributed by atoms with Crippen molar-refractivity contribution in [3.8, 4) is 0 Å². The molecule has 0 radical (unpaired) electrons. The minimum Gasteiger partial charge on any atom is -0.459 e. The first kappa shape index (κ1) is 21.0. The van der Waals surface area contributed by atoms with Gasteiger partial charge < -0.3 is 10.1 Å². The number of fused-ring (bicyclic) bond motifs is 1. The largest absolute Gasteiger partial charge is 0.459 e. The first-order valence-electron chi connectivity index (χ1n) is 9.55. The number of hydrogen-bond donors (Lipinski definition) is 1. The van der Waals surface area contributed by atoms with E-state index in [2.05, 4.69) is 10.4 Å². The Balaban J connectivity index is 1.88. The number of aromatic nitrogens is 2. The zero-order chi connectivity index (χ0) is 21.3. The molecular formula is C19H24N4O5S. The Bertz CT molecular complexity index is 962. The van der Waals surface area contributed by atoms with Gasteiger partial charge in [-0.3, -0.25) is 19.6 Å². The molecule has 0 saturated heterocycles. The van der Waals surface area contributed by atoms with Crippen LogP contribution >= 0.6 is 11.3 Å². The number of esters is 1. The van der Waals surface area contributed by atoms with Crippen LogP contribution in [0.25, 0.3) is 0 Å². The number of anilines is 1. The number of nitrogens with zero attached hydrogens (tertiary/aromatic N) is 3. The first-order chi connectivity index (χ1) is 13.7. The second kappa shape index (κ2) is 8.32. The number of nitro groups is 1. The molecule has 3 rings (SSSR count). The molecule has 2 heterocycles. The average Bonchev–Trinajstić information content (AvgIpc) is 3.20. The van der Waals surface area contributed by atoms with Crippen molar-refractivity contribution in [1.29, 1.82) is 0 Å². The van der Waals surface area contributed by atoms with E-state index in [1.165, 1.54) is 29.1 Å². The summed E-state index contributed by atoms with van der Waals surface area (Å²) in [6.45, 7) is 6.69. The van der Waals surface area contributed by atoms with Crippen LogP contribution in [0.3, 0.4) is 0 Å². The molecule has 0 spiro atoms. The van der Waals surface area contributed by atoms with Crippen LogP contribution in [-0.2, 0) is 22.4 Å². The predicted octanol–water partition coefficient (Wildman–Crippen LogP) is 3.80. The lowest BCUT2D eigenvalue weighted by Gasteiger charge is -2.15. The third kappa shape index (κ3) is 4.31. The van der Waals surface area contributed by atoms with Crippen LogP contribution in [0, 0.1) is 17.0 Å². The Kier molecular flexibility index (Phi) is 6.02. The van der Waals surface area contributed by atoms with E-state index in [0.717, 1.165) is 36.1 Å². The van der Waals surface area contributed by atoms with Gasteiger partial charge in [-0.05, 0) is 58.9 Å². The molecule has 1 N–H and O–H groups in total. The Morgan fingerprint density at radius 3 is 2.62 bits per heavy atom. The predicted molar refractivity (Wildman–Crippen MR) is 108 cm³/mol. The molecule has 1 aliphatic rings. The Labute approximate surface area is 172 Å². The standard InChI is InChI=1S/C19H24N4O5S/c1-10(2)28-19(25)16-13-7-5-6-8-15(13)29-18(16)20-17(24)12(4)22-9-14(23(26)27)11(3)21-22/h9-10,12H,5-8H2,1-4H3,(H,20,24). The van der Waals surface area contributed by atoms with Crippen molar-refractivity contribution in [1.82, 2.24) is 9.78 Å². The molecule has 0 bridgehead atoms. The highest BCUT2D eigenvalue weighted by Crippen LogP contribution is 2.39. The third-order valence-electron chi connectivity index (χ3n) is 4.82. The lowest BCUT2D eigenvalue weighted by atomic mass is 9.95. The molecule has 1 atom stereocenters. The molecule has 10 heteroatoms. The van der Waals surface area contributed by atoms with Crippen LogP contribution in [0.4, 0.5) is 10.7 Å². The second-order valence-electron chi connectivity index (χ2n) is 7.37. The van der Waals surface area contributed by atoms with Crippen LogP contribution < -0.4 is 5.32 Å². The van der Waals surface area contributed by atoms with Crippen LogP contribution in [-0.4, -0.2) is 32.7 Å². The summed E-state index contributed by atoms with van der Waals surface area (Å²) in [5.74, 6) is -0.840. The van der Waals surface area contributed by atoms with Gasteiger partial charge in [-0.2, -0.15) is 5.10 Å². The van der Waals surface area contributed by atoms with Gasteiger partial charge in [-0.15, -0.1) is 11.3 Å². The van der Waals surface area contributed by atoms with E-state index in [-0.39, 0.29) is 17.5 Å². The number of carbonyl (C=O) groups excluding carboxylic acids is 2. The molecule has 2 aromatic rings. The summed E-state index contributed by atoms with van der Waals surface area (Å²) in [4.78, 5) is 37.1. The van der Waals surface area contributed by atoms with E-state index in [1.54, 1.807) is 20.8 Å². The Hall–Kier alpha value is -2.75. The van der Waals surface area contributed by atoms with Gasteiger partial charge >= 0.3 is 11.7 Å². The summed E-state index contributed by atoms with van der Waals surface area (Å²) in [5, 5.41) is 18.4. The summed E-state index contributed by atoms with van der Waals surface area (Å²) >= 11 is 1.40. The van der Waals surface area contributed by atoms with Gasteiger partial charge in [0, 0.05) is 4.88 Å². The molecular weight excluding hydrogens is 396 g/mol. The van der Waals surface area contributed by atoms with E-state index in [4.69, 9.17) is 4.74 Å². The fraction of sp³-hybridized carbons (Fsp3) is 0.526. The Morgan fingerprint density at radius 2 is 2.00 bits per heavy atom. The Morgan fingerprint density at radius 1 is 1.31 bits per heavy atom. The minimum atomic E-state index is -0.782. The van der Waals surface area contributed by atoms with E-state index >= 15 is 0 Å². The number of thiophene rings is 1. The highest BCUT2D eigenvalue weighted by molar-refractivity contribution is 7.17. The van der Waals surface area contributed by atoms with Crippen molar-refractivity contribution in [3.05, 3.63) is 38.0 Å². The molecule has 0 saturated carbocycles. The van der Waals surface area contributed by atoms with Crippen molar-refractivity contribution in [2.24, 2.45) is 0 Å². The van der Waals surface area contributed by atoms with E-state index in [0.29, 0.717) is 10.6 Å². The van der Waals surface area contributed by atoms with Crippen LogP contribution in [0.15, 0.2) is 6.20 Å². The summed E-state index contributed by atoms with van der Waals surface area (Å²) < 4.78 is 6.66. The maximum atomic E-state index is 12.8. The van der Waals surface area contributed by atoms with E-state index in [1.807, 2.05) is 0 Å². The zero-order valence-electron chi connectivity index (χ0n) is 16.9. The van der Waals surface area contributed by atoms with Gasteiger partial charge in [0.1, 0.15) is 22.9 Å². The van der Waals surface area contributed by atoms with E-state index in [9.17, 15) is 19.7 Å². The smallest absolute Gasteiger partial charge is 0.341 e. The quantitative estimate of drug-likeness (QED) is 0.431. The molecule has 9 nitrogen and oxygen atoms in total. The maximum absolute atomic E-state index is 12.8. The molecule has 0 fully saturated rings. The zero-order valence-corrected chi connectivity index (χ0v) is 17.7. The van der Waals surface area contributed by atoms with Crippen LogP contribution in [0.1, 0.15) is 66.1 Å². The van der Waals surface area contributed by atoms with Gasteiger partial charge in [0.15, 0.2) is 0 Å². The first-order valence-corrected chi connectivity index (χ1v) is 10.4. The average molecular weight is 420 g/mol. The number of ether oxygens (including phenoxy) is 1. The fourth-order valence-electron chi connectivity index (χ4n) is 3.33. The molecule has 1 amide bonds. The summed E-state index contributed by atoms with van der Waals surface area (Å²) in [6.07, 6.45) is 4.67. The lowest BCUT2D eigenvalue weighted by molar-refractivity contribution is -0.385. The van der Waals surface area contributed by atoms with Crippen LogP contribution in [0.2, 0.25) is 0 Å². The number of aryl methyl sites for hydroxylation is 2. The highest BCUT2D eigenvalue weighted by atomic mass is 32.1. The minimum absolute atomic E-state index is 0.141. The number of rotatable bonds is 6. The topological polar surface area (TPSA) is 116 Å². The second-order valence-corrected chi connectivity index (χ2v) is 8.48. The number of nitrogens with one attached hydrogen (secondary N) is 1. The number of carbonyl (C=O) groups is 2. The van der Waals surface area contributed by atoms with Gasteiger partial charge in [0.05, 0.1) is 16.6 Å². The summed E-state index contributed by atoms with van der Waals surface area (Å²) in [7, 11) is 0. The van der Waals surface area contributed by atoms with Crippen molar-refractivity contribution in [3.63, 3.8) is 0 Å². The van der Waals surface area contributed by atoms with Gasteiger partial charge in [0.2, 0.25) is 5.91 Å². The summed E-state index contributed by atoms with van der Waals surface area (Å²) in [6, 6.07) is -0.782. The molecule has 29 heavy (non-hydrogen) atoms. The number of amides is 1. The SMILES string of the molecule is Cc1nn(C(C)C(=O)Nc2sc3c(c2C(=O)OC(C)C)CCCC3)cc1[N+](=O)[O-]. The maximum Gasteiger partial charge on any atom is 0.341 e. The lowest BCUT2D eigenvalue weighted by Crippen LogP contribution is -2.25. The summed E-state index contributed by atoms with van der Waals surface area (Å²) in [5.41, 5.74) is 1.49. The van der Waals surface area contributed by atoms with Crippen LogP contribution in [0.5, 0.6) is 0 Å².